The summed E-state index contributed by atoms with van der Waals surface area (Å²) in [6.07, 6.45) is -0.228. The van der Waals surface area contributed by atoms with Crippen LogP contribution in [-0.2, 0) is 19.1 Å². The second-order valence-corrected chi connectivity index (χ2v) is 4.77. The predicted octanol–water partition coefficient (Wildman–Crippen LogP) is 0.208. The van der Waals surface area contributed by atoms with Crippen LogP contribution in [0.3, 0.4) is 0 Å². The highest BCUT2D eigenvalue weighted by atomic mass is 16.5. The smallest absolute Gasteiger partial charge is 0.326 e. The van der Waals surface area contributed by atoms with E-state index in [0.29, 0.717) is 0 Å². The lowest BCUT2D eigenvalue weighted by atomic mass is 9.87. The molecule has 0 saturated carbocycles. The van der Waals surface area contributed by atoms with Gasteiger partial charge in [0.1, 0.15) is 18.4 Å². The van der Waals surface area contributed by atoms with E-state index < -0.39 is 23.3 Å². The number of aliphatic carboxylic acids is 1. The van der Waals surface area contributed by atoms with Gasteiger partial charge in [0.05, 0.1) is 0 Å². The fraction of sp³-hybridized carbons (Fsp3) is 0.727. The number of nitrogens with one attached hydrogen (secondary N) is 1. The third-order valence-corrected chi connectivity index (χ3v) is 2.13. The van der Waals surface area contributed by atoms with Gasteiger partial charge >= 0.3 is 5.97 Å². The minimum atomic E-state index is -1.23. The molecule has 0 aromatic heterocycles. The van der Waals surface area contributed by atoms with Crippen molar-refractivity contribution in [1.82, 2.24) is 5.32 Å². The molecule has 0 fully saturated rings. The van der Waals surface area contributed by atoms with E-state index in [2.05, 4.69) is 10.1 Å². The van der Waals surface area contributed by atoms with E-state index in [1.54, 1.807) is 20.8 Å². The molecule has 0 aliphatic heterocycles. The Morgan fingerprint density at radius 3 is 2.18 bits per heavy atom. The molecule has 1 unspecified atom stereocenters. The average Bonchev–Trinajstić information content (AvgIpc) is 2.15. The molecule has 0 radical (unpaired) electrons. The number of hydrogen-bond donors (Lipinski definition) is 2. The second-order valence-electron chi connectivity index (χ2n) is 4.77. The minimum absolute atomic E-state index is 0.220. The van der Waals surface area contributed by atoms with Crippen molar-refractivity contribution in [3.8, 4) is 0 Å². The number of amides is 1. The van der Waals surface area contributed by atoms with Crippen molar-refractivity contribution >= 4 is 17.7 Å². The van der Waals surface area contributed by atoms with E-state index in [1.165, 1.54) is 7.11 Å². The molecule has 98 valence electrons. The molecule has 1 amide bonds. The van der Waals surface area contributed by atoms with Gasteiger partial charge in [0.25, 0.3) is 0 Å². The molecular weight excluding hydrogens is 226 g/mol. The highest BCUT2D eigenvalue weighted by Gasteiger charge is 2.29. The molecule has 1 atom stereocenters. The first-order valence-corrected chi connectivity index (χ1v) is 5.23. The van der Waals surface area contributed by atoms with Crippen LogP contribution >= 0.6 is 0 Å². The highest BCUT2D eigenvalue weighted by Crippen LogP contribution is 2.17. The fourth-order valence-corrected chi connectivity index (χ4v) is 1.06. The molecule has 17 heavy (non-hydrogen) atoms. The summed E-state index contributed by atoms with van der Waals surface area (Å²) >= 11 is 0. The Morgan fingerprint density at radius 2 is 1.82 bits per heavy atom. The molecular formula is C11H19NO5. The Bertz CT molecular complexity index is 305. The predicted molar refractivity (Wildman–Crippen MR) is 60.5 cm³/mol. The first-order valence-electron chi connectivity index (χ1n) is 5.23. The lowest BCUT2D eigenvalue weighted by molar-refractivity contribution is -0.144. The molecule has 0 bridgehead atoms. The van der Waals surface area contributed by atoms with Crippen LogP contribution < -0.4 is 5.32 Å². The Kier molecular flexibility index (Phi) is 5.81. The molecule has 0 saturated heterocycles. The summed E-state index contributed by atoms with van der Waals surface area (Å²) in [7, 11) is 1.33. The van der Waals surface area contributed by atoms with Gasteiger partial charge in [0.2, 0.25) is 5.91 Å². The van der Waals surface area contributed by atoms with Gasteiger partial charge in [-0.2, -0.15) is 0 Å². The monoisotopic (exact) mass is 245 g/mol. The molecule has 0 aromatic rings. The third-order valence-electron chi connectivity index (χ3n) is 2.13. The molecule has 6 nitrogen and oxygen atoms in total. The van der Waals surface area contributed by atoms with Crippen molar-refractivity contribution in [2.75, 3.05) is 13.7 Å². The summed E-state index contributed by atoms with van der Waals surface area (Å²) in [4.78, 5) is 33.7. The highest BCUT2D eigenvalue weighted by molar-refractivity contribution is 5.91. The van der Waals surface area contributed by atoms with Crippen molar-refractivity contribution < 1.29 is 24.2 Å². The Morgan fingerprint density at radius 1 is 1.29 bits per heavy atom. The number of hydrogen-bond acceptors (Lipinski definition) is 4. The zero-order chi connectivity index (χ0) is 13.6. The van der Waals surface area contributed by atoms with Gasteiger partial charge in [0.15, 0.2) is 0 Å². The van der Waals surface area contributed by atoms with E-state index >= 15 is 0 Å². The molecule has 2 N–H and O–H groups in total. The van der Waals surface area contributed by atoms with Crippen molar-refractivity contribution in [2.45, 2.75) is 33.2 Å². The molecule has 0 rings (SSSR count). The number of carbonyl (C=O) groups is 3. The Labute approximate surface area is 100 Å². The van der Waals surface area contributed by atoms with Gasteiger partial charge in [-0.25, -0.2) is 4.79 Å². The van der Waals surface area contributed by atoms with Crippen LogP contribution in [-0.4, -0.2) is 42.5 Å². The number of carboxylic acids is 1. The van der Waals surface area contributed by atoms with E-state index in [4.69, 9.17) is 5.11 Å². The van der Waals surface area contributed by atoms with Crippen LogP contribution in [0.25, 0.3) is 0 Å². The Hall–Kier alpha value is -1.43. The summed E-state index contributed by atoms with van der Waals surface area (Å²) in [5, 5.41) is 11.1. The zero-order valence-electron chi connectivity index (χ0n) is 10.6. The number of rotatable bonds is 6. The maximum Gasteiger partial charge on any atom is 0.326 e. The maximum atomic E-state index is 11.7. The molecule has 6 heteroatoms. The topological polar surface area (TPSA) is 92.7 Å². The minimum Gasteiger partial charge on any atom is -0.480 e. The summed E-state index contributed by atoms with van der Waals surface area (Å²) < 4.78 is 4.57. The second kappa shape index (κ2) is 6.34. The molecule has 0 aliphatic rings. The summed E-state index contributed by atoms with van der Waals surface area (Å²) in [6.45, 7) is 4.87. The number of carbonyl (C=O) groups excluding carboxylic acids is 2. The Balaban J connectivity index is 4.51. The number of ketones is 1. The number of methoxy groups -OCH3 is 1. The first-order chi connectivity index (χ1) is 7.68. The van der Waals surface area contributed by atoms with E-state index in [9.17, 15) is 14.4 Å². The van der Waals surface area contributed by atoms with Gasteiger partial charge in [-0.1, -0.05) is 20.8 Å². The van der Waals surface area contributed by atoms with Crippen molar-refractivity contribution in [1.29, 1.82) is 0 Å². The lowest BCUT2D eigenvalue weighted by Crippen LogP contribution is -2.45. The van der Waals surface area contributed by atoms with Crippen LogP contribution in [0.4, 0.5) is 0 Å². The van der Waals surface area contributed by atoms with Crippen LogP contribution in [0.5, 0.6) is 0 Å². The first kappa shape index (κ1) is 15.6. The standard InChI is InChI=1S/C11H19NO5/c1-11(2,3)8(13)5-7(10(15)16)12-9(14)6-17-4/h7H,5-6H2,1-4H3,(H,12,14)(H,15,16). The lowest BCUT2D eigenvalue weighted by Gasteiger charge is -2.20. The quantitative estimate of drug-likeness (QED) is 0.697. The summed E-state index contributed by atoms with van der Waals surface area (Å²) in [5.74, 6) is -2.00. The normalized spacial score (nSPS) is 12.9. The van der Waals surface area contributed by atoms with Crippen LogP contribution in [0.1, 0.15) is 27.2 Å². The van der Waals surface area contributed by atoms with Gasteiger partial charge < -0.3 is 15.2 Å². The van der Waals surface area contributed by atoms with Crippen molar-refractivity contribution in [3.05, 3.63) is 0 Å². The van der Waals surface area contributed by atoms with E-state index in [0.717, 1.165) is 0 Å². The van der Waals surface area contributed by atoms with Crippen LogP contribution in [0, 0.1) is 5.41 Å². The summed E-state index contributed by atoms with van der Waals surface area (Å²) in [6, 6.07) is -1.20. The molecule has 0 aliphatic carbocycles. The SMILES string of the molecule is COCC(=O)NC(CC(=O)C(C)(C)C)C(=O)O. The van der Waals surface area contributed by atoms with Crippen LogP contribution in [0.2, 0.25) is 0 Å². The van der Waals surface area contributed by atoms with Crippen LogP contribution in [0.15, 0.2) is 0 Å². The average molecular weight is 245 g/mol. The van der Waals surface area contributed by atoms with Crippen molar-refractivity contribution in [2.24, 2.45) is 5.41 Å². The number of carboxylic acid groups (broad SMARTS) is 1. The van der Waals surface area contributed by atoms with Gasteiger partial charge in [-0.3, -0.25) is 9.59 Å². The number of Topliss-reactive ketones (excluding diaryl/α,β-unsaturated/α-hetero) is 1. The largest absolute Gasteiger partial charge is 0.480 e. The zero-order valence-corrected chi connectivity index (χ0v) is 10.6. The molecule has 0 spiro atoms. The van der Waals surface area contributed by atoms with Gasteiger partial charge in [-0.15, -0.1) is 0 Å². The van der Waals surface area contributed by atoms with Gasteiger partial charge in [-0.05, 0) is 0 Å². The molecule has 0 heterocycles. The van der Waals surface area contributed by atoms with Gasteiger partial charge in [0, 0.05) is 18.9 Å². The molecule has 0 aromatic carbocycles. The third kappa shape index (κ3) is 6.01. The maximum absolute atomic E-state index is 11.7. The summed E-state index contributed by atoms with van der Waals surface area (Å²) in [5.41, 5.74) is -0.625. The number of ether oxygens (including phenoxy) is 1. The fourth-order valence-electron chi connectivity index (χ4n) is 1.06. The van der Waals surface area contributed by atoms with E-state index in [1.807, 2.05) is 0 Å². The van der Waals surface area contributed by atoms with E-state index in [-0.39, 0.29) is 18.8 Å². The van der Waals surface area contributed by atoms with Crippen molar-refractivity contribution in [3.63, 3.8) is 0 Å².